The van der Waals surface area contributed by atoms with Crippen molar-refractivity contribution in [1.29, 1.82) is 5.26 Å². The molecule has 0 radical (unpaired) electrons. The van der Waals surface area contributed by atoms with Crippen molar-refractivity contribution in [2.45, 2.75) is 64.9 Å². The quantitative estimate of drug-likeness (QED) is 0.269. The number of unbranched alkanes of at least 4 members (excludes halogenated alkanes) is 4. The first-order chi connectivity index (χ1) is 8.45. The van der Waals surface area contributed by atoms with E-state index in [2.05, 4.69) is 20.5 Å². The van der Waals surface area contributed by atoms with Gasteiger partial charge in [-0.15, -0.1) is 0 Å². The topological polar surface area (TPSA) is 50.1 Å². The van der Waals surface area contributed by atoms with E-state index in [1.165, 1.54) is 22.8 Å². The number of hydrogen-bond donors (Lipinski definition) is 0. The molecule has 19 heavy (non-hydrogen) atoms. The van der Waals surface area contributed by atoms with E-state index in [1.807, 2.05) is 20.8 Å². The van der Waals surface area contributed by atoms with Crippen molar-refractivity contribution < 1.29 is 42.9 Å². The van der Waals surface area contributed by atoms with Gasteiger partial charge in [-0.3, -0.25) is 4.79 Å². The fourth-order valence-electron chi connectivity index (χ4n) is 1.19. The Kier molecular flexibility index (Phi) is 30.6. The van der Waals surface area contributed by atoms with Gasteiger partial charge in [0.2, 0.25) is 0 Å². The first-order valence-corrected chi connectivity index (χ1v) is 12.9. The summed E-state index contributed by atoms with van der Waals surface area (Å²) >= 11 is 4.25. The number of hydrogen-bond acceptors (Lipinski definition) is 3. The molecule has 112 valence electrons. The summed E-state index contributed by atoms with van der Waals surface area (Å²) in [5.74, 6) is -0.0767. The standard InChI is InChI=1S/C12H23O2.CN.BrH.Cu.Zn/c1-5-6-7-8-9-10-11(13)14-12(2,3)4;1-2;;;/h1,5-10H2,2-4H3;;1H;;/q2*-1;;+1;+2/p-1. The monoisotopic (exact) mass is 431 g/mol. The van der Waals surface area contributed by atoms with Crippen LogP contribution in [0.25, 0.3) is 0 Å². The van der Waals surface area contributed by atoms with Gasteiger partial charge >= 0.3 is 53.0 Å². The Bertz CT molecular complexity index is 209. The third-order valence-electron chi connectivity index (χ3n) is 1.80. The Hall–Kier alpha value is 0.583. The molecule has 0 aliphatic heterocycles. The Morgan fingerprint density at radius 3 is 2.00 bits per heavy atom. The summed E-state index contributed by atoms with van der Waals surface area (Å²) in [6, 6.07) is 0. The maximum atomic E-state index is 11.3. The molecule has 0 unspecified atom stereocenters. The molecule has 0 rings (SSSR count). The Balaban J connectivity index is -0.000000204. The number of halogens is 1. The molecule has 0 aromatic rings. The van der Waals surface area contributed by atoms with Gasteiger partial charge in [-0.25, -0.2) is 0 Å². The minimum absolute atomic E-state index is 0. The van der Waals surface area contributed by atoms with E-state index in [0.717, 1.165) is 25.7 Å². The summed E-state index contributed by atoms with van der Waals surface area (Å²) in [7, 11) is 0. The average molecular weight is 434 g/mol. The summed E-state index contributed by atoms with van der Waals surface area (Å²) < 4.78 is 5.19. The molecule has 0 amide bonds. The van der Waals surface area contributed by atoms with Gasteiger partial charge in [0.15, 0.2) is 0 Å². The van der Waals surface area contributed by atoms with Crippen LogP contribution in [0.5, 0.6) is 0 Å². The van der Waals surface area contributed by atoms with Crippen LogP contribution in [0.1, 0.15) is 59.3 Å². The van der Waals surface area contributed by atoms with Gasteiger partial charge in [-0.05, 0) is 27.2 Å². The Morgan fingerprint density at radius 1 is 1.21 bits per heavy atom. The van der Waals surface area contributed by atoms with Crippen LogP contribution in [-0.4, -0.2) is 11.6 Å². The van der Waals surface area contributed by atoms with Crippen molar-refractivity contribution in [2.75, 3.05) is 0 Å². The third kappa shape index (κ3) is 32.3. The van der Waals surface area contributed by atoms with Gasteiger partial charge < -0.3 is 23.5 Å². The first kappa shape index (κ1) is 27.8. The zero-order chi connectivity index (χ0) is 15.0. The third-order valence-corrected chi connectivity index (χ3v) is 1.80. The molecule has 0 N–H and O–H groups in total. The summed E-state index contributed by atoms with van der Waals surface area (Å²) in [6.07, 6.45) is 5.92. The maximum absolute atomic E-state index is 11.3. The second kappa shape index (κ2) is 20.9. The summed E-state index contributed by atoms with van der Waals surface area (Å²) in [6.45, 7) is 14.2. The normalized spacial score (nSPS) is 8.89. The van der Waals surface area contributed by atoms with Gasteiger partial charge in [0.05, 0.1) is 0 Å². The molecule has 0 aromatic heterocycles. The first-order valence-electron chi connectivity index (χ1n) is 5.96. The number of ether oxygens (including phenoxy) is 1. The Morgan fingerprint density at radius 2 is 1.63 bits per heavy atom. The Labute approximate surface area is 145 Å². The van der Waals surface area contributed by atoms with E-state index in [9.17, 15) is 4.79 Å². The van der Waals surface area contributed by atoms with Crippen LogP contribution in [0, 0.1) is 18.8 Å². The number of rotatable bonds is 6. The van der Waals surface area contributed by atoms with Crippen LogP contribution in [0.15, 0.2) is 0 Å². The molecule has 0 saturated carbocycles. The van der Waals surface area contributed by atoms with Crippen LogP contribution in [0.4, 0.5) is 0 Å². The van der Waals surface area contributed by atoms with Crippen molar-refractivity contribution in [2.24, 2.45) is 0 Å². The molecule has 0 fully saturated rings. The molecule has 0 saturated heterocycles. The zero-order valence-corrected chi connectivity index (χ0v) is 17.6. The van der Waals surface area contributed by atoms with E-state index in [1.54, 1.807) is 0 Å². The molecule has 0 bridgehead atoms. The zero-order valence-electron chi connectivity index (χ0n) is 12.1. The number of carbonyl (C=O) groups excluding carboxylic acids is 1. The average Bonchev–Trinajstić information content (AvgIpc) is 2.32. The van der Waals surface area contributed by atoms with Crippen LogP contribution < -0.4 is 0 Å². The van der Waals surface area contributed by atoms with Gasteiger partial charge in [-0.2, -0.15) is 6.42 Å². The summed E-state index contributed by atoms with van der Waals surface area (Å²) in [5, 5.41) is 6.25. The number of nitrogens with zero attached hydrogens (tertiary/aromatic N) is 1. The molecular weight excluding hydrogens is 411 g/mol. The summed E-state index contributed by atoms with van der Waals surface area (Å²) in [5.41, 5.74) is -0.343. The molecule has 6 heteroatoms. The van der Waals surface area contributed by atoms with E-state index < -0.39 is 0 Å². The molecule has 0 aliphatic rings. The van der Waals surface area contributed by atoms with Crippen molar-refractivity contribution >= 4 is 19.6 Å². The van der Waals surface area contributed by atoms with Crippen LogP contribution >= 0.6 is 13.6 Å². The minimum atomic E-state index is -0.343. The molecule has 0 atom stereocenters. The molecule has 0 aliphatic carbocycles. The number of carbonyl (C=O) groups is 1. The van der Waals surface area contributed by atoms with Crippen molar-refractivity contribution in [3.63, 3.8) is 0 Å². The van der Waals surface area contributed by atoms with Crippen LogP contribution in [-0.2, 0) is 42.9 Å². The van der Waals surface area contributed by atoms with E-state index in [-0.39, 0.29) is 28.6 Å². The molecule has 0 aromatic carbocycles. The fourth-order valence-corrected chi connectivity index (χ4v) is 1.19. The van der Waals surface area contributed by atoms with E-state index >= 15 is 0 Å². The van der Waals surface area contributed by atoms with Crippen molar-refractivity contribution in [3.8, 4) is 0 Å². The van der Waals surface area contributed by atoms with Crippen LogP contribution in [0.2, 0.25) is 0 Å². The SMILES string of the molecule is [C-]#N.[CH2-]CCCCCCC(=O)OC(C)(C)C.[Cu+].[Zn+][Br]. The van der Waals surface area contributed by atoms with Crippen molar-refractivity contribution in [3.05, 3.63) is 13.5 Å². The number of esters is 1. The van der Waals surface area contributed by atoms with Crippen LogP contribution in [0.3, 0.4) is 0 Å². The van der Waals surface area contributed by atoms with E-state index in [0.29, 0.717) is 6.42 Å². The second-order valence-corrected chi connectivity index (χ2v) is 4.60. The van der Waals surface area contributed by atoms with Gasteiger partial charge in [0.25, 0.3) is 0 Å². The molecule has 0 spiro atoms. The van der Waals surface area contributed by atoms with E-state index in [4.69, 9.17) is 16.6 Å². The predicted molar refractivity (Wildman–Crippen MR) is 72.8 cm³/mol. The summed E-state index contributed by atoms with van der Waals surface area (Å²) in [4.78, 5) is 11.3. The molecular formula is C13H23BrCuNO2Zn. The molecule has 0 heterocycles. The van der Waals surface area contributed by atoms with Gasteiger partial charge in [0, 0.05) is 6.42 Å². The van der Waals surface area contributed by atoms with Gasteiger partial charge in [-0.1, -0.05) is 19.3 Å². The predicted octanol–water partition coefficient (Wildman–Crippen LogP) is 4.44. The molecule has 3 nitrogen and oxygen atoms in total. The second-order valence-electron chi connectivity index (χ2n) is 4.60. The van der Waals surface area contributed by atoms with Gasteiger partial charge in [0.1, 0.15) is 5.60 Å². The fraction of sp³-hybridized carbons (Fsp3) is 0.769. The van der Waals surface area contributed by atoms with Crippen molar-refractivity contribution in [1.82, 2.24) is 0 Å².